The van der Waals surface area contributed by atoms with Crippen LogP contribution in [0.15, 0.2) is 11.6 Å². The summed E-state index contributed by atoms with van der Waals surface area (Å²) in [5.74, 6) is 0.310. The van der Waals surface area contributed by atoms with Gasteiger partial charge in [0.2, 0.25) is 5.91 Å². The maximum Gasteiger partial charge on any atom is 0.226 e. The molecular formula is C12H20N4OS. The Morgan fingerprint density at radius 2 is 2.22 bits per heavy atom. The zero-order chi connectivity index (χ0) is 13.0. The minimum Gasteiger partial charge on any atom is -0.345 e. The van der Waals surface area contributed by atoms with Crippen LogP contribution in [0.2, 0.25) is 0 Å². The number of carbonyl (C=O) groups is 1. The molecule has 1 aliphatic rings. The van der Waals surface area contributed by atoms with Crippen LogP contribution in [0.3, 0.4) is 0 Å². The van der Waals surface area contributed by atoms with Crippen LogP contribution in [-0.4, -0.2) is 55.6 Å². The van der Waals surface area contributed by atoms with Crippen LogP contribution in [-0.2, 0) is 4.79 Å². The number of piperazine rings is 1. The molecule has 1 atom stereocenters. The molecule has 6 heteroatoms. The zero-order valence-corrected chi connectivity index (χ0v) is 11.7. The summed E-state index contributed by atoms with van der Waals surface area (Å²) >= 11 is 1.65. The van der Waals surface area contributed by atoms with Crippen molar-refractivity contribution in [3.8, 4) is 0 Å². The van der Waals surface area contributed by atoms with Crippen molar-refractivity contribution in [2.45, 2.75) is 6.92 Å². The van der Waals surface area contributed by atoms with E-state index in [0.717, 1.165) is 37.9 Å². The Hall–Kier alpha value is -1.14. The lowest BCUT2D eigenvalue weighted by Crippen LogP contribution is -2.51. The van der Waals surface area contributed by atoms with E-state index in [9.17, 15) is 4.79 Å². The largest absolute Gasteiger partial charge is 0.345 e. The van der Waals surface area contributed by atoms with E-state index in [2.05, 4.69) is 15.2 Å². The van der Waals surface area contributed by atoms with Gasteiger partial charge >= 0.3 is 0 Å². The Kier molecular flexibility index (Phi) is 4.54. The van der Waals surface area contributed by atoms with Crippen molar-refractivity contribution in [2.75, 3.05) is 44.7 Å². The highest BCUT2D eigenvalue weighted by atomic mass is 32.1. The molecule has 1 aromatic rings. The fourth-order valence-electron chi connectivity index (χ4n) is 2.20. The molecule has 0 aliphatic carbocycles. The van der Waals surface area contributed by atoms with Crippen LogP contribution < -0.4 is 10.2 Å². The second kappa shape index (κ2) is 6.15. The monoisotopic (exact) mass is 268 g/mol. The molecule has 0 aromatic carbocycles. The quantitative estimate of drug-likeness (QED) is 0.871. The molecule has 0 saturated carbocycles. The van der Waals surface area contributed by atoms with Crippen molar-refractivity contribution >= 4 is 22.4 Å². The first-order valence-electron chi connectivity index (χ1n) is 6.30. The molecular weight excluding hydrogens is 248 g/mol. The highest BCUT2D eigenvalue weighted by molar-refractivity contribution is 7.13. The molecule has 2 rings (SSSR count). The minimum atomic E-state index is 0.0569. The molecule has 0 radical (unpaired) electrons. The van der Waals surface area contributed by atoms with E-state index in [1.54, 1.807) is 11.3 Å². The Labute approximate surface area is 112 Å². The van der Waals surface area contributed by atoms with Crippen LogP contribution >= 0.6 is 11.3 Å². The number of anilines is 1. The number of carbonyl (C=O) groups excluding carboxylic acids is 1. The molecule has 5 nitrogen and oxygen atoms in total. The third-order valence-electron chi connectivity index (χ3n) is 3.21. The van der Waals surface area contributed by atoms with Crippen molar-refractivity contribution in [3.63, 3.8) is 0 Å². The fourth-order valence-corrected chi connectivity index (χ4v) is 2.89. The number of aromatic nitrogens is 1. The Bertz CT molecular complexity index is 373. The number of thiazole rings is 1. The summed E-state index contributed by atoms with van der Waals surface area (Å²) in [6.07, 6.45) is 1.83. The van der Waals surface area contributed by atoms with Gasteiger partial charge in [0.1, 0.15) is 0 Å². The van der Waals surface area contributed by atoms with Crippen molar-refractivity contribution in [3.05, 3.63) is 11.6 Å². The van der Waals surface area contributed by atoms with Gasteiger partial charge in [-0.1, -0.05) is 6.92 Å². The molecule has 0 spiro atoms. The van der Waals surface area contributed by atoms with Gasteiger partial charge < -0.3 is 15.1 Å². The third-order valence-corrected chi connectivity index (χ3v) is 4.05. The fraction of sp³-hybridized carbons (Fsp3) is 0.667. The SMILES string of the molecule is CNCC(C)C(=O)N1CCN(c2nccs2)CC1. The Morgan fingerprint density at radius 1 is 1.50 bits per heavy atom. The number of nitrogens with zero attached hydrogens (tertiary/aromatic N) is 3. The van der Waals surface area contributed by atoms with Crippen LogP contribution in [0.1, 0.15) is 6.92 Å². The standard InChI is InChI=1S/C12H20N4OS/c1-10(9-13-2)11(17)15-4-6-16(7-5-15)12-14-3-8-18-12/h3,8,10,13H,4-7,9H2,1-2H3. The van der Waals surface area contributed by atoms with Crippen LogP contribution in [0, 0.1) is 5.92 Å². The van der Waals surface area contributed by atoms with Gasteiger partial charge in [-0.3, -0.25) is 4.79 Å². The number of hydrogen-bond donors (Lipinski definition) is 1. The first-order valence-corrected chi connectivity index (χ1v) is 7.18. The molecule has 1 unspecified atom stereocenters. The summed E-state index contributed by atoms with van der Waals surface area (Å²) in [6, 6.07) is 0. The summed E-state index contributed by atoms with van der Waals surface area (Å²) in [7, 11) is 1.88. The van der Waals surface area contributed by atoms with E-state index in [1.165, 1.54) is 0 Å². The second-order valence-corrected chi connectivity index (χ2v) is 5.46. The summed E-state index contributed by atoms with van der Waals surface area (Å²) in [4.78, 5) is 20.7. The highest BCUT2D eigenvalue weighted by Crippen LogP contribution is 2.19. The van der Waals surface area contributed by atoms with Gasteiger partial charge in [0, 0.05) is 50.2 Å². The topological polar surface area (TPSA) is 48.5 Å². The van der Waals surface area contributed by atoms with Gasteiger partial charge in [-0.25, -0.2) is 4.98 Å². The van der Waals surface area contributed by atoms with Gasteiger partial charge in [0.25, 0.3) is 0 Å². The molecule has 1 aromatic heterocycles. The number of rotatable bonds is 4. The lowest BCUT2D eigenvalue weighted by molar-refractivity contribution is -0.135. The molecule has 1 fully saturated rings. The molecule has 2 heterocycles. The molecule has 18 heavy (non-hydrogen) atoms. The zero-order valence-electron chi connectivity index (χ0n) is 10.9. The maximum absolute atomic E-state index is 12.1. The highest BCUT2D eigenvalue weighted by Gasteiger charge is 2.25. The lowest BCUT2D eigenvalue weighted by atomic mass is 10.1. The number of hydrogen-bond acceptors (Lipinski definition) is 5. The predicted octanol–water partition coefficient (Wildman–Crippen LogP) is 0.647. The van der Waals surface area contributed by atoms with Crippen molar-refractivity contribution < 1.29 is 4.79 Å². The van der Waals surface area contributed by atoms with Crippen molar-refractivity contribution in [2.24, 2.45) is 5.92 Å². The number of nitrogens with one attached hydrogen (secondary N) is 1. The van der Waals surface area contributed by atoms with Crippen LogP contribution in [0.25, 0.3) is 0 Å². The van der Waals surface area contributed by atoms with E-state index in [-0.39, 0.29) is 11.8 Å². The molecule has 1 amide bonds. The van der Waals surface area contributed by atoms with Gasteiger partial charge in [0.05, 0.1) is 0 Å². The lowest BCUT2D eigenvalue weighted by Gasteiger charge is -2.35. The minimum absolute atomic E-state index is 0.0569. The maximum atomic E-state index is 12.1. The number of amides is 1. The molecule has 1 saturated heterocycles. The summed E-state index contributed by atoms with van der Waals surface area (Å²) in [6.45, 7) is 6.08. The van der Waals surface area contributed by atoms with Crippen molar-refractivity contribution in [1.29, 1.82) is 0 Å². The van der Waals surface area contributed by atoms with E-state index in [0.29, 0.717) is 0 Å². The van der Waals surface area contributed by atoms with Gasteiger partial charge in [0.15, 0.2) is 5.13 Å². The normalized spacial score (nSPS) is 17.9. The summed E-state index contributed by atoms with van der Waals surface area (Å²) < 4.78 is 0. The second-order valence-electron chi connectivity index (χ2n) is 4.59. The molecule has 1 N–H and O–H groups in total. The van der Waals surface area contributed by atoms with Crippen LogP contribution in [0.5, 0.6) is 0 Å². The van der Waals surface area contributed by atoms with E-state index < -0.39 is 0 Å². The Morgan fingerprint density at radius 3 is 2.78 bits per heavy atom. The Balaban J connectivity index is 1.85. The first kappa shape index (κ1) is 13.3. The molecule has 1 aliphatic heterocycles. The molecule has 100 valence electrons. The smallest absolute Gasteiger partial charge is 0.226 e. The van der Waals surface area contributed by atoms with E-state index in [1.807, 2.05) is 30.4 Å². The average Bonchev–Trinajstić information content (AvgIpc) is 2.92. The third kappa shape index (κ3) is 3.00. The van der Waals surface area contributed by atoms with Gasteiger partial charge in [-0.15, -0.1) is 11.3 Å². The first-order chi connectivity index (χ1) is 8.72. The van der Waals surface area contributed by atoms with Crippen LogP contribution in [0.4, 0.5) is 5.13 Å². The van der Waals surface area contributed by atoms with E-state index in [4.69, 9.17) is 0 Å². The van der Waals surface area contributed by atoms with Gasteiger partial charge in [-0.2, -0.15) is 0 Å². The predicted molar refractivity (Wildman–Crippen MR) is 74.0 cm³/mol. The van der Waals surface area contributed by atoms with E-state index >= 15 is 0 Å². The summed E-state index contributed by atoms with van der Waals surface area (Å²) in [5.41, 5.74) is 0. The average molecular weight is 268 g/mol. The molecule has 0 bridgehead atoms. The van der Waals surface area contributed by atoms with Gasteiger partial charge in [-0.05, 0) is 7.05 Å². The summed E-state index contributed by atoms with van der Waals surface area (Å²) in [5, 5.41) is 6.10. The van der Waals surface area contributed by atoms with Crippen molar-refractivity contribution in [1.82, 2.24) is 15.2 Å².